The molecule has 0 N–H and O–H groups in total. The molecule has 3 aromatic rings. The summed E-state index contributed by atoms with van der Waals surface area (Å²) in [6.07, 6.45) is 1.65. The Labute approximate surface area is 166 Å². The molecule has 0 amide bonds. The van der Waals surface area contributed by atoms with E-state index in [2.05, 4.69) is 10.1 Å². The van der Waals surface area contributed by atoms with Gasteiger partial charge in [0.1, 0.15) is 10.8 Å². The fraction of sp³-hybridized carbons (Fsp3) is 0.158. The lowest BCUT2D eigenvalue weighted by Crippen LogP contribution is -1.92. The summed E-state index contributed by atoms with van der Waals surface area (Å²) in [5.74, 6) is 2.11. The van der Waals surface area contributed by atoms with E-state index in [9.17, 15) is 0 Å². The van der Waals surface area contributed by atoms with Gasteiger partial charge in [-0.25, -0.2) is 0 Å². The predicted molar refractivity (Wildman–Crippen MR) is 105 cm³/mol. The highest BCUT2D eigenvalue weighted by Crippen LogP contribution is 2.37. The van der Waals surface area contributed by atoms with Gasteiger partial charge in [0.2, 0.25) is 5.82 Å². The van der Waals surface area contributed by atoms with Crippen molar-refractivity contribution in [1.29, 1.82) is 0 Å². The smallest absolute Gasteiger partial charge is 0.269 e. The number of halogens is 2. The van der Waals surface area contributed by atoms with Crippen molar-refractivity contribution < 1.29 is 18.7 Å². The van der Waals surface area contributed by atoms with E-state index in [0.29, 0.717) is 39.2 Å². The first kappa shape index (κ1) is 19.1. The number of rotatable bonds is 6. The van der Waals surface area contributed by atoms with Crippen LogP contribution in [-0.4, -0.2) is 31.5 Å². The van der Waals surface area contributed by atoms with Gasteiger partial charge in [-0.05, 0) is 35.9 Å². The van der Waals surface area contributed by atoms with Gasteiger partial charge in [0.15, 0.2) is 11.5 Å². The second kappa shape index (κ2) is 8.33. The first-order valence-corrected chi connectivity index (χ1v) is 8.59. The number of ether oxygens (including phenoxy) is 3. The molecule has 0 aliphatic carbocycles. The van der Waals surface area contributed by atoms with Gasteiger partial charge in [0.25, 0.3) is 5.89 Å². The zero-order chi connectivity index (χ0) is 19.4. The van der Waals surface area contributed by atoms with Gasteiger partial charge in [-0.1, -0.05) is 40.5 Å². The number of nitrogens with zero attached hydrogens (tertiary/aromatic N) is 2. The molecule has 0 saturated heterocycles. The standard InChI is InChI=1S/C19H16Cl2N2O4/c1-24-15-7-5-4-6-12(15)18-22-19(27-23-18)14(21)9-11-8-13(20)17(26-3)16(10-11)25-2/h4-10H,1-3H3/b14-9-. The number of hydrogen-bond donors (Lipinski definition) is 0. The maximum absolute atomic E-state index is 6.36. The van der Waals surface area contributed by atoms with E-state index in [1.807, 2.05) is 24.3 Å². The van der Waals surface area contributed by atoms with Gasteiger partial charge >= 0.3 is 0 Å². The SMILES string of the molecule is COc1ccccc1-c1noc(/C(Cl)=C/c2cc(Cl)c(OC)c(OC)c2)n1. The summed E-state index contributed by atoms with van der Waals surface area (Å²) < 4.78 is 21.1. The van der Waals surface area contributed by atoms with E-state index in [-0.39, 0.29) is 10.9 Å². The van der Waals surface area contributed by atoms with Crippen LogP contribution in [0.1, 0.15) is 11.5 Å². The summed E-state index contributed by atoms with van der Waals surface area (Å²) in [4.78, 5) is 4.34. The second-order valence-corrected chi connectivity index (χ2v) is 6.17. The first-order valence-electron chi connectivity index (χ1n) is 7.83. The average molecular weight is 407 g/mol. The Kier molecular flexibility index (Phi) is 5.88. The van der Waals surface area contributed by atoms with Crippen molar-refractivity contribution in [3.05, 3.63) is 52.9 Å². The van der Waals surface area contributed by atoms with Crippen LogP contribution in [0.3, 0.4) is 0 Å². The number of benzene rings is 2. The molecule has 0 atom stereocenters. The minimum absolute atomic E-state index is 0.170. The number of methoxy groups -OCH3 is 3. The van der Waals surface area contributed by atoms with Crippen LogP contribution in [0.15, 0.2) is 40.9 Å². The summed E-state index contributed by atoms with van der Waals surface area (Å²) in [5.41, 5.74) is 1.40. The number of aromatic nitrogens is 2. The minimum atomic E-state index is 0.170. The molecule has 1 heterocycles. The molecule has 0 radical (unpaired) electrons. The summed E-state index contributed by atoms with van der Waals surface area (Å²) in [6.45, 7) is 0. The van der Waals surface area contributed by atoms with E-state index in [4.69, 9.17) is 41.9 Å². The van der Waals surface area contributed by atoms with Gasteiger partial charge in [-0.2, -0.15) is 4.98 Å². The lowest BCUT2D eigenvalue weighted by molar-refractivity contribution is 0.355. The van der Waals surface area contributed by atoms with E-state index in [1.165, 1.54) is 14.2 Å². The molecule has 1 aromatic heterocycles. The molecule has 0 fully saturated rings. The summed E-state index contributed by atoms with van der Waals surface area (Å²) in [6, 6.07) is 10.8. The minimum Gasteiger partial charge on any atom is -0.496 e. The fourth-order valence-electron chi connectivity index (χ4n) is 2.49. The van der Waals surface area contributed by atoms with E-state index < -0.39 is 0 Å². The fourth-order valence-corrected chi connectivity index (χ4v) is 2.99. The highest BCUT2D eigenvalue weighted by Gasteiger charge is 2.16. The average Bonchev–Trinajstić information content (AvgIpc) is 3.17. The Morgan fingerprint density at radius 3 is 2.48 bits per heavy atom. The summed E-state index contributed by atoms with van der Waals surface area (Å²) in [5, 5.41) is 4.63. The topological polar surface area (TPSA) is 66.6 Å². The molecule has 0 bridgehead atoms. The molecule has 27 heavy (non-hydrogen) atoms. The van der Waals surface area contributed by atoms with Crippen LogP contribution in [0, 0.1) is 0 Å². The maximum Gasteiger partial charge on any atom is 0.269 e. The molecule has 0 unspecified atom stereocenters. The molecule has 8 heteroatoms. The van der Waals surface area contributed by atoms with Gasteiger partial charge in [0, 0.05) is 0 Å². The Morgan fingerprint density at radius 1 is 1.04 bits per heavy atom. The molecular formula is C19H16Cl2N2O4. The van der Waals surface area contributed by atoms with Crippen molar-refractivity contribution >= 4 is 34.3 Å². The molecule has 6 nitrogen and oxygen atoms in total. The molecular weight excluding hydrogens is 391 g/mol. The zero-order valence-electron chi connectivity index (χ0n) is 14.8. The monoisotopic (exact) mass is 406 g/mol. The van der Waals surface area contributed by atoms with Crippen molar-refractivity contribution in [1.82, 2.24) is 10.1 Å². The Bertz CT molecular complexity index is 986. The maximum atomic E-state index is 6.36. The summed E-state index contributed by atoms with van der Waals surface area (Å²) >= 11 is 12.6. The van der Waals surface area contributed by atoms with Crippen molar-refractivity contribution in [2.24, 2.45) is 0 Å². The van der Waals surface area contributed by atoms with Gasteiger partial charge in [-0.3, -0.25) is 0 Å². The molecule has 0 aliphatic heterocycles. The lowest BCUT2D eigenvalue weighted by atomic mass is 10.2. The van der Waals surface area contributed by atoms with Crippen LogP contribution in [-0.2, 0) is 0 Å². The first-order chi connectivity index (χ1) is 13.1. The Morgan fingerprint density at radius 2 is 1.78 bits per heavy atom. The highest BCUT2D eigenvalue weighted by atomic mass is 35.5. The van der Waals surface area contributed by atoms with Crippen molar-refractivity contribution in [3.63, 3.8) is 0 Å². The number of para-hydroxylation sites is 1. The number of hydrogen-bond acceptors (Lipinski definition) is 6. The molecule has 3 rings (SSSR count). The quantitative estimate of drug-likeness (QED) is 0.563. The third kappa shape index (κ3) is 4.02. The van der Waals surface area contributed by atoms with E-state index in [0.717, 1.165) is 0 Å². The molecule has 2 aromatic carbocycles. The van der Waals surface area contributed by atoms with Crippen molar-refractivity contribution in [3.8, 4) is 28.6 Å². The van der Waals surface area contributed by atoms with Crippen LogP contribution in [0.25, 0.3) is 22.5 Å². The van der Waals surface area contributed by atoms with Gasteiger partial charge in [-0.15, -0.1) is 0 Å². The van der Waals surface area contributed by atoms with Crippen LogP contribution < -0.4 is 14.2 Å². The van der Waals surface area contributed by atoms with Gasteiger partial charge in [0.05, 0.1) is 31.9 Å². The lowest BCUT2D eigenvalue weighted by Gasteiger charge is -2.10. The third-order valence-electron chi connectivity index (χ3n) is 3.73. The Balaban J connectivity index is 1.94. The van der Waals surface area contributed by atoms with Crippen molar-refractivity contribution in [2.45, 2.75) is 0 Å². The third-order valence-corrected chi connectivity index (χ3v) is 4.28. The molecule has 0 aliphatic rings. The van der Waals surface area contributed by atoms with Crippen LogP contribution in [0.5, 0.6) is 17.2 Å². The van der Waals surface area contributed by atoms with E-state index >= 15 is 0 Å². The molecule has 140 valence electrons. The predicted octanol–water partition coefficient (Wildman–Crippen LogP) is 5.15. The van der Waals surface area contributed by atoms with Crippen LogP contribution >= 0.6 is 23.2 Å². The molecule has 0 saturated carbocycles. The van der Waals surface area contributed by atoms with Gasteiger partial charge < -0.3 is 18.7 Å². The second-order valence-electron chi connectivity index (χ2n) is 5.35. The largest absolute Gasteiger partial charge is 0.496 e. The Hall–Kier alpha value is -2.70. The zero-order valence-corrected chi connectivity index (χ0v) is 16.3. The van der Waals surface area contributed by atoms with Crippen molar-refractivity contribution in [2.75, 3.05) is 21.3 Å². The molecule has 0 spiro atoms. The highest BCUT2D eigenvalue weighted by molar-refractivity contribution is 6.50. The normalized spacial score (nSPS) is 11.4. The van der Waals surface area contributed by atoms with E-state index in [1.54, 1.807) is 25.3 Å². The summed E-state index contributed by atoms with van der Waals surface area (Å²) in [7, 11) is 4.62. The van der Waals surface area contributed by atoms with Crippen LogP contribution in [0.4, 0.5) is 0 Å². The van der Waals surface area contributed by atoms with Crippen LogP contribution in [0.2, 0.25) is 5.02 Å².